The van der Waals surface area contributed by atoms with E-state index in [1.165, 1.54) is 37.7 Å². The molecule has 2 nitrogen and oxygen atoms in total. The van der Waals surface area contributed by atoms with Crippen LogP contribution in [0.15, 0.2) is 24.3 Å². The Morgan fingerprint density at radius 3 is 2.75 bits per heavy atom. The molecule has 1 aromatic carbocycles. The smallest absolute Gasteiger partial charge is 0.109 e. The molecule has 2 aliphatic rings. The average Bonchev–Trinajstić information content (AvgIpc) is 2.88. The summed E-state index contributed by atoms with van der Waals surface area (Å²) in [6.45, 7) is 0. The normalized spacial score (nSPS) is 27.8. The lowest BCUT2D eigenvalue weighted by Crippen LogP contribution is -2.38. The van der Waals surface area contributed by atoms with Gasteiger partial charge in [-0.05, 0) is 36.3 Å². The van der Waals surface area contributed by atoms with E-state index in [0.717, 1.165) is 24.8 Å². The molecule has 3 rings (SSSR count). The van der Waals surface area contributed by atoms with E-state index in [1.54, 1.807) is 0 Å². The number of nitrogens with zero attached hydrogens (tertiary/aromatic N) is 1. The molecular formula is C18H23NO. The Kier molecular flexibility index (Phi) is 3.81. The number of hydrogen-bond acceptors (Lipinski definition) is 2. The van der Waals surface area contributed by atoms with Gasteiger partial charge in [-0.25, -0.2) is 0 Å². The van der Waals surface area contributed by atoms with Crippen LogP contribution in [0.5, 0.6) is 0 Å². The number of nitriles is 1. The van der Waals surface area contributed by atoms with Gasteiger partial charge in [-0.15, -0.1) is 0 Å². The van der Waals surface area contributed by atoms with Crippen molar-refractivity contribution in [2.45, 2.75) is 62.9 Å². The monoisotopic (exact) mass is 269 g/mol. The summed E-state index contributed by atoms with van der Waals surface area (Å²) in [5, 5.41) is 20.5. The van der Waals surface area contributed by atoms with Crippen molar-refractivity contribution in [1.29, 1.82) is 5.26 Å². The first-order chi connectivity index (χ1) is 9.76. The van der Waals surface area contributed by atoms with Gasteiger partial charge in [-0.3, -0.25) is 0 Å². The van der Waals surface area contributed by atoms with Crippen LogP contribution in [-0.2, 0) is 11.8 Å². The maximum absolute atomic E-state index is 10.8. The van der Waals surface area contributed by atoms with E-state index in [-0.39, 0.29) is 0 Å². The summed E-state index contributed by atoms with van der Waals surface area (Å²) < 4.78 is 0. The van der Waals surface area contributed by atoms with Gasteiger partial charge < -0.3 is 5.11 Å². The van der Waals surface area contributed by atoms with E-state index in [2.05, 4.69) is 12.1 Å². The Morgan fingerprint density at radius 2 is 2.00 bits per heavy atom. The van der Waals surface area contributed by atoms with Gasteiger partial charge in [0, 0.05) is 0 Å². The fraction of sp³-hybridized carbons (Fsp3) is 0.611. The minimum absolute atomic E-state index is 0.515. The van der Waals surface area contributed by atoms with E-state index < -0.39 is 11.5 Å². The highest BCUT2D eigenvalue weighted by Crippen LogP contribution is 2.43. The number of aryl methyl sites for hydroxylation is 1. The third-order valence-corrected chi connectivity index (χ3v) is 5.34. The SMILES string of the molecule is N#CC1(C(O)CC2CCCCC2)CCc2ccccc21. The van der Waals surface area contributed by atoms with Crippen molar-refractivity contribution in [3.63, 3.8) is 0 Å². The largest absolute Gasteiger partial charge is 0.391 e. The van der Waals surface area contributed by atoms with E-state index in [9.17, 15) is 10.4 Å². The molecule has 0 radical (unpaired) electrons. The molecule has 1 fully saturated rings. The maximum atomic E-state index is 10.8. The van der Waals surface area contributed by atoms with Crippen LogP contribution in [0, 0.1) is 17.2 Å². The van der Waals surface area contributed by atoms with Crippen molar-refractivity contribution in [2.75, 3.05) is 0 Å². The molecule has 0 spiro atoms. The summed E-state index contributed by atoms with van der Waals surface area (Å²) in [5.41, 5.74) is 1.66. The van der Waals surface area contributed by atoms with Gasteiger partial charge in [0.2, 0.25) is 0 Å². The van der Waals surface area contributed by atoms with Crippen LogP contribution in [-0.4, -0.2) is 11.2 Å². The first kappa shape index (κ1) is 13.6. The van der Waals surface area contributed by atoms with E-state index in [0.29, 0.717) is 5.92 Å². The van der Waals surface area contributed by atoms with Crippen LogP contribution in [0.25, 0.3) is 0 Å². The van der Waals surface area contributed by atoms with Crippen molar-refractivity contribution in [2.24, 2.45) is 5.92 Å². The van der Waals surface area contributed by atoms with E-state index in [1.807, 2.05) is 18.2 Å². The molecule has 1 saturated carbocycles. The minimum Gasteiger partial charge on any atom is -0.391 e. The Balaban J connectivity index is 1.81. The Morgan fingerprint density at radius 1 is 1.25 bits per heavy atom. The van der Waals surface area contributed by atoms with Crippen molar-refractivity contribution in [3.8, 4) is 6.07 Å². The highest BCUT2D eigenvalue weighted by molar-refractivity contribution is 5.45. The van der Waals surface area contributed by atoms with Crippen molar-refractivity contribution < 1.29 is 5.11 Å². The summed E-state index contributed by atoms with van der Waals surface area (Å²) in [7, 11) is 0. The van der Waals surface area contributed by atoms with Gasteiger partial charge in [-0.1, -0.05) is 56.4 Å². The summed E-state index contributed by atoms with van der Waals surface area (Å²) in [6.07, 6.45) is 8.32. The van der Waals surface area contributed by atoms with Crippen LogP contribution in [0.3, 0.4) is 0 Å². The molecule has 1 aromatic rings. The van der Waals surface area contributed by atoms with Gasteiger partial charge >= 0.3 is 0 Å². The lowest BCUT2D eigenvalue weighted by molar-refractivity contribution is 0.0760. The summed E-state index contributed by atoms with van der Waals surface area (Å²) in [4.78, 5) is 0. The van der Waals surface area contributed by atoms with Gasteiger partial charge in [0.05, 0.1) is 12.2 Å². The molecule has 2 heteroatoms. The molecule has 0 aliphatic heterocycles. The van der Waals surface area contributed by atoms with Crippen molar-refractivity contribution in [3.05, 3.63) is 35.4 Å². The van der Waals surface area contributed by atoms with Crippen molar-refractivity contribution >= 4 is 0 Å². The Bertz CT molecular complexity index is 512. The molecular weight excluding hydrogens is 246 g/mol. The number of aliphatic hydroxyl groups excluding tert-OH is 1. The predicted octanol–water partition coefficient (Wildman–Crippen LogP) is 3.73. The number of hydrogen-bond donors (Lipinski definition) is 1. The van der Waals surface area contributed by atoms with Crippen molar-refractivity contribution in [1.82, 2.24) is 0 Å². The predicted molar refractivity (Wildman–Crippen MR) is 79.3 cm³/mol. The fourth-order valence-corrected chi connectivity index (χ4v) is 4.12. The van der Waals surface area contributed by atoms with E-state index in [4.69, 9.17) is 0 Å². The first-order valence-electron chi connectivity index (χ1n) is 7.94. The number of rotatable bonds is 3. The van der Waals surface area contributed by atoms with Gasteiger partial charge in [0.25, 0.3) is 0 Å². The van der Waals surface area contributed by atoms with Gasteiger partial charge in [0.1, 0.15) is 5.41 Å². The molecule has 0 bridgehead atoms. The molecule has 0 aromatic heterocycles. The number of aliphatic hydroxyl groups is 1. The highest BCUT2D eigenvalue weighted by Gasteiger charge is 2.45. The summed E-state index contributed by atoms with van der Waals surface area (Å²) in [5.74, 6) is 0.608. The second kappa shape index (κ2) is 5.58. The number of benzene rings is 1. The van der Waals surface area contributed by atoms with Crippen LogP contribution >= 0.6 is 0 Å². The summed E-state index contributed by atoms with van der Waals surface area (Å²) >= 11 is 0. The standard InChI is InChI=1S/C18H23NO/c19-13-18(11-10-15-8-4-5-9-16(15)18)17(20)12-14-6-2-1-3-7-14/h4-5,8-9,14,17,20H,1-3,6-7,10-12H2. The Labute approximate surface area is 121 Å². The molecule has 2 unspecified atom stereocenters. The van der Waals surface area contributed by atoms with Gasteiger partial charge in [-0.2, -0.15) is 5.26 Å². The average molecular weight is 269 g/mol. The Hall–Kier alpha value is -1.33. The molecule has 2 aliphatic carbocycles. The van der Waals surface area contributed by atoms with E-state index >= 15 is 0 Å². The molecule has 1 N–H and O–H groups in total. The molecule has 0 heterocycles. The van der Waals surface area contributed by atoms with Crippen LogP contribution in [0.4, 0.5) is 0 Å². The van der Waals surface area contributed by atoms with Crippen LogP contribution < -0.4 is 0 Å². The lowest BCUT2D eigenvalue weighted by atomic mass is 9.73. The zero-order chi connectivity index (χ0) is 14.0. The van der Waals surface area contributed by atoms with Gasteiger partial charge in [0.15, 0.2) is 0 Å². The molecule has 106 valence electrons. The second-order valence-corrected chi connectivity index (χ2v) is 6.50. The number of fused-ring (bicyclic) bond motifs is 1. The highest BCUT2D eigenvalue weighted by atomic mass is 16.3. The fourth-order valence-electron chi connectivity index (χ4n) is 4.12. The topological polar surface area (TPSA) is 44.0 Å². The zero-order valence-corrected chi connectivity index (χ0v) is 12.0. The quantitative estimate of drug-likeness (QED) is 0.908. The van der Waals surface area contributed by atoms with Crippen LogP contribution in [0.1, 0.15) is 56.1 Å². The third kappa shape index (κ3) is 2.25. The maximum Gasteiger partial charge on any atom is 0.109 e. The lowest BCUT2D eigenvalue weighted by Gasteiger charge is -2.32. The third-order valence-electron chi connectivity index (χ3n) is 5.34. The second-order valence-electron chi connectivity index (χ2n) is 6.50. The first-order valence-corrected chi connectivity index (χ1v) is 7.94. The molecule has 0 saturated heterocycles. The molecule has 0 amide bonds. The molecule has 2 atom stereocenters. The summed E-state index contributed by atoms with van der Waals surface area (Å²) in [6, 6.07) is 10.6. The zero-order valence-electron chi connectivity index (χ0n) is 12.0. The molecule has 20 heavy (non-hydrogen) atoms. The minimum atomic E-state index is -0.659. The van der Waals surface area contributed by atoms with Crippen LogP contribution in [0.2, 0.25) is 0 Å².